The molecule has 10 nitrogen and oxygen atoms in total. The molecule has 0 saturated heterocycles. The van der Waals surface area contributed by atoms with E-state index >= 15 is 0 Å². The smallest absolute Gasteiger partial charge is 0.335 e. The molecule has 0 aliphatic rings. The number of anilines is 1. The maximum Gasteiger partial charge on any atom is 0.335 e. The predicted octanol–water partition coefficient (Wildman–Crippen LogP) is 4.87. The van der Waals surface area contributed by atoms with E-state index in [9.17, 15) is 14.9 Å². The molecule has 0 amide bonds. The summed E-state index contributed by atoms with van der Waals surface area (Å²) < 4.78 is 12.2. The van der Waals surface area contributed by atoms with E-state index in [1.807, 2.05) is 6.92 Å². The van der Waals surface area contributed by atoms with E-state index in [0.29, 0.717) is 33.7 Å². The highest BCUT2D eigenvalue weighted by atomic mass is 79.9. The van der Waals surface area contributed by atoms with Gasteiger partial charge in [0.1, 0.15) is 6.61 Å². The van der Waals surface area contributed by atoms with Crippen LogP contribution in [0.25, 0.3) is 0 Å². The molecule has 0 aliphatic heterocycles. The fraction of sp³-hybridized carbons (Fsp3) is 0.136. The zero-order chi connectivity index (χ0) is 23.8. The van der Waals surface area contributed by atoms with Crippen LogP contribution in [0.4, 0.5) is 11.5 Å². The molecule has 0 unspecified atom stereocenters. The van der Waals surface area contributed by atoms with Crippen LogP contribution in [0.2, 0.25) is 0 Å². The summed E-state index contributed by atoms with van der Waals surface area (Å²) >= 11 is 3.46. The molecule has 1 aromatic heterocycles. The van der Waals surface area contributed by atoms with Crippen molar-refractivity contribution in [3.63, 3.8) is 0 Å². The van der Waals surface area contributed by atoms with Crippen molar-refractivity contribution < 1.29 is 24.3 Å². The number of carboxylic acid groups (broad SMARTS) is 1. The number of nitrogens with zero attached hydrogens (tertiary/aromatic N) is 3. The number of hydrogen-bond acceptors (Lipinski definition) is 8. The Hall–Kier alpha value is -3.99. The topological polar surface area (TPSA) is 136 Å². The molecule has 0 radical (unpaired) electrons. The number of carbonyl (C=O) groups is 1. The fourth-order valence-corrected chi connectivity index (χ4v) is 3.39. The number of halogens is 1. The number of hydrogen-bond donors (Lipinski definition) is 2. The Labute approximate surface area is 197 Å². The Morgan fingerprint density at radius 3 is 2.82 bits per heavy atom. The van der Waals surface area contributed by atoms with E-state index in [2.05, 4.69) is 31.4 Å². The van der Waals surface area contributed by atoms with Gasteiger partial charge in [0.05, 0.1) is 27.8 Å². The number of nitro groups is 1. The van der Waals surface area contributed by atoms with Crippen molar-refractivity contribution in [2.24, 2.45) is 5.10 Å². The summed E-state index contributed by atoms with van der Waals surface area (Å²) in [5.74, 6) is -0.0951. The van der Waals surface area contributed by atoms with Crippen molar-refractivity contribution >= 4 is 39.6 Å². The Morgan fingerprint density at radius 2 is 2.09 bits per heavy atom. The maximum atomic E-state index is 11.2. The monoisotopic (exact) mass is 514 g/mol. The van der Waals surface area contributed by atoms with E-state index in [-0.39, 0.29) is 23.7 Å². The quantitative estimate of drug-likeness (QED) is 0.222. The predicted molar refractivity (Wildman–Crippen MR) is 125 cm³/mol. The van der Waals surface area contributed by atoms with E-state index in [1.165, 1.54) is 30.6 Å². The molecular formula is C22H19BrN4O6. The van der Waals surface area contributed by atoms with Crippen LogP contribution in [0.15, 0.2) is 64.3 Å². The van der Waals surface area contributed by atoms with Gasteiger partial charge in [-0.05, 0) is 64.3 Å². The highest BCUT2D eigenvalue weighted by Gasteiger charge is 2.14. The standard InChI is InChI=1S/C22H19BrN4O6/c1-2-32-19-11-15(12-25-26-21-18(27(30)31)7-4-8-24-21)10-17(23)20(19)33-13-14-5-3-6-16(9-14)22(28)29/h3-12H,2,13H2,1H3,(H,24,26)(H,28,29)/b25-12-. The van der Waals surface area contributed by atoms with E-state index in [1.54, 1.807) is 30.3 Å². The second kappa shape index (κ2) is 11.0. The summed E-state index contributed by atoms with van der Waals surface area (Å²) in [4.78, 5) is 25.6. The van der Waals surface area contributed by atoms with E-state index in [0.717, 1.165) is 0 Å². The first-order chi connectivity index (χ1) is 15.9. The zero-order valence-corrected chi connectivity index (χ0v) is 19.0. The number of aromatic nitrogens is 1. The third kappa shape index (κ3) is 6.26. The molecule has 0 aliphatic carbocycles. The molecule has 3 aromatic rings. The first-order valence-corrected chi connectivity index (χ1v) is 10.5. The van der Waals surface area contributed by atoms with Crippen LogP contribution in [0, 0.1) is 10.1 Å². The Morgan fingerprint density at radius 1 is 1.27 bits per heavy atom. The lowest BCUT2D eigenvalue weighted by molar-refractivity contribution is -0.384. The minimum Gasteiger partial charge on any atom is -0.490 e. The number of hydrazone groups is 1. The molecule has 0 saturated carbocycles. The van der Waals surface area contributed by atoms with Crippen molar-refractivity contribution in [1.82, 2.24) is 4.98 Å². The van der Waals surface area contributed by atoms with Gasteiger partial charge in [0, 0.05) is 12.3 Å². The van der Waals surface area contributed by atoms with Crippen LogP contribution in [0.5, 0.6) is 11.5 Å². The second-order valence-corrected chi connectivity index (χ2v) is 7.41. The normalized spacial score (nSPS) is 10.7. The van der Waals surface area contributed by atoms with Crippen LogP contribution in [-0.4, -0.2) is 33.8 Å². The van der Waals surface area contributed by atoms with Gasteiger partial charge in [-0.15, -0.1) is 0 Å². The molecule has 170 valence electrons. The average Bonchev–Trinajstić information content (AvgIpc) is 2.79. The molecule has 11 heteroatoms. The van der Waals surface area contributed by atoms with Gasteiger partial charge < -0.3 is 14.6 Å². The molecule has 0 fully saturated rings. The van der Waals surface area contributed by atoms with Gasteiger partial charge in [-0.2, -0.15) is 5.10 Å². The molecule has 1 heterocycles. The van der Waals surface area contributed by atoms with Crippen LogP contribution in [-0.2, 0) is 6.61 Å². The summed E-state index contributed by atoms with van der Waals surface area (Å²) in [6.45, 7) is 2.35. The van der Waals surface area contributed by atoms with E-state index < -0.39 is 10.9 Å². The number of aromatic carboxylic acids is 1. The molecule has 33 heavy (non-hydrogen) atoms. The van der Waals surface area contributed by atoms with Gasteiger partial charge in [0.15, 0.2) is 11.5 Å². The third-order valence-electron chi connectivity index (χ3n) is 4.26. The SMILES string of the molecule is CCOc1cc(/C=N\Nc2ncccc2[N+](=O)[O-])cc(Br)c1OCc1cccc(C(=O)O)c1. The molecule has 3 rings (SSSR count). The number of pyridine rings is 1. The van der Waals surface area contributed by atoms with Gasteiger partial charge in [0.25, 0.3) is 0 Å². The van der Waals surface area contributed by atoms with Crippen molar-refractivity contribution in [2.75, 3.05) is 12.0 Å². The largest absolute Gasteiger partial charge is 0.490 e. The number of benzene rings is 2. The molecule has 2 N–H and O–H groups in total. The maximum absolute atomic E-state index is 11.2. The molecule has 0 bridgehead atoms. The van der Waals surface area contributed by atoms with Crippen LogP contribution >= 0.6 is 15.9 Å². The molecule has 0 spiro atoms. The lowest BCUT2D eigenvalue weighted by atomic mass is 10.1. The summed E-state index contributed by atoms with van der Waals surface area (Å²) in [5, 5.41) is 24.3. The van der Waals surface area contributed by atoms with Crippen LogP contribution in [0.1, 0.15) is 28.4 Å². The molecule has 0 atom stereocenters. The van der Waals surface area contributed by atoms with E-state index in [4.69, 9.17) is 14.6 Å². The Balaban J connectivity index is 1.78. The van der Waals surface area contributed by atoms with Crippen molar-refractivity contribution in [3.8, 4) is 11.5 Å². The highest BCUT2D eigenvalue weighted by Crippen LogP contribution is 2.37. The average molecular weight is 515 g/mol. The molecule has 2 aromatic carbocycles. The number of ether oxygens (including phenoxy) is 2. The summed E-state index contributed by atoms with van der Waals surface area (Å²) in [6.07, 6.45) is 2.89. The number of carboxylic acids is 1. The lowest BCUT2D eigenvalue weighted by Gasteiger charge is -2.15. The van der Waals surface area contributed by atoms with Gasteiger partial charge in [0.2, 0.25) is 5.82 Å². The Bertz CT molecular complexity index is 1200. The highest BCUT2D eigenvalue weighted by molar-refractivity contribution is 9.10. The first-order valence-electron chi connectivity index (χ1n) is 9.69. The van der Waals surface area contributed by atoms with Gasteiger partial charge in [-0.1, -0.05) is 12.1 Å². The summed E-state index contributed by atoms with van der Waals surface area (Å²) in [7, 11) is 0. The Kier molecular flexibility index (Phi) is 7.92. The summed E-state index contributed by atoms with van der Waals surface area (Å²) in [6, 6.07) is 12.7. The fourth-order valence-electron chi connectivity index (χ4n) is 2.81. The minimum atomic E-state index is -1.01. The molecular weight excluding hydrogens is 496 g/mol. The number of nitrogens with one attached hydrogen (secondary N) is 1. The zero-order valence-electron chi connectivity index (χ0n) is 17.4. The summed E-state index contributed by atoms with van der Waals surface area (Å²) in [5.41, 5.74) is 3.88. The van der Waals surface area contributed by atoms with Gasteiger partial charge >= 0.3 is 11.7 Å². The van der Waals surface area contributed by atoms with Crippen LogP contribution in [0.3, 0.4) is 0 Å². The second-order valence-electron chi connectivity index (χ2n) is 6.56. The third-order valence-corrected chi connectivity index (χ3v) is 4.85. The number of rotatable bonds is 10. The lowest BCUT2D eigenvalue weighted by Crippen LogP contribution is -2.03. The first kappa shape index (κ1) is 23.7. The van der Waals surface area contributed by atoms with Crippen LogP contribution < -0.4 is 14.9 Å². The van der Waals surface area contributed by atoms with Crippen molar-refractivity contribution in [2.45, 2.75) is 13.5 Å². The minimum absolute atomic E-state index is 0.0198. The van der Waals surface area contributed by atoms with Crippen molar-refractivity contribution in [1.29, 1.82) is 0 Å². The van der Waals surface area contributed by atoms with Crippen molar-refractivity contribution in [3.05, 3.63) is 86.0 Å². The van der Waals surface area contributed by atoms with Gasteiger partial charge in [-0.3, -0.25) is 15.5 Å². The van der Waals surface area contributed by atoms with Gasteiger partial charge in [-0.25, -0.2) is 9.78 Å².